The normalized spacial score (nSPS) is 13.7. The lowest BCUT2D eigenvalue weighted by Crippen LogP contribution is -3.07. The number of rotatable bonds is 6. The average Bonchev–Trinajstić information content (AvgIpc) is 2.77. The fraction of sp³-hybridized carbons (Fsp3) is 0.240. The highest BCUT2D eigenvalue weighted by atomic mass is 16.5. The monoisotopic (exact) mass is 403 g/mol. The van der Waals surface area contributed by atoms with Gasteiger partial charge < -0.3 is 19.7 Å². The maximum Gasteiger partial charge on any atom is 0.232 e. The standard InChI is InChI=1S/C25H26N2O3/c1-27(2)20(17-10-4-7-13-21(17)29-3)16-26-25(28)24-18-11-5-8-14-22(18)30-23-15-9-6-12-19(23)24/h4-15,20,24H,16H2,1-3H3,(H,26,28)/p+1/t20-/m1/s1. The second kappa shape index (κ2) is 8.59. The molecule has 30 heavy (non-hydrogen) atoms. The van der Waals surface area contributed by atoms with E-state index in [4.69, 9.17) is 9.47 Å². The van der Waals surface area contributed by atoms with Crippen molar-refractivity contribution in [1.29, 1.82) is 0 Å². The fourth-order valence-electron chi connectivity index (χ4n) is 4.08. The lowest BCUT2D eigenvalue weighted by Gasteiger charge is -2.29. The van der Waals surface area contributed by atoms with Crippen LogP contribution < -0.4 is 19.7 Å². The Morgan fingerprint density at radius 3 is 2.13 bits per heavy atom. The van der Waals surface area contributed by atoms with Gasteiger partial charge in [-0.25, -0.2) is 0 Å². The Labute approximate surface area is 177 Å². The van der Waals surface area contributed by atoms with E-state index >= 15 is 0 Å². The van der Waals surface area contributed by atoms with Crippen molar-refractivity contribution >= 4 is 5.91 Å². The molecule has 5 nitrogen and oxygen atoms in total. The van der Waals surface area contributed by atoms with Gasteiger partial charge >= 0.3 is 0 Å². The zero-order valence-corrected chi connectivity index (χ0v) is 17.5. The summed E-state index contributed by atoms with van der Waals surface area (Å²) in [5.41, 5.74) is 2.85. The number of hydrogen-bond acceptors (Lipinski definition) is 3. The summed E-state index contributed by atoms with van der Waals surface area (Å²) in [6.07, 6.45) is 0. The molecule has 0 aromatic heterocycles. The van der Waals surface area contributed by atoms with Crippen molar-refractivity contribution < 1.29 is 19.2 Å². The number of fused-ring (bicyclic) bond motifs is 2. The van der Waals surface area contributed by atoms with E-state index in [2.05, 4.69) is 25.5 Å². The summed E-state index contributed by atoms with van der Waals surface area (Å²) in [7, 11) is 5.85. The molecule has 1 atom stereocenters. The Morgan fingerprint density at radius 2 is 1.53 bits per heavy atom. The molecule has 154 valence electrons. The van der Waals surface area contributed by atoms with Crippen LogP contribution in [0, 0.1) is 0 Å². The van der Waals surface area contributed by atoms with Crippen LogP contribution in [0.15, 0.2) is 72.8 Å². The number of quaternary nitrogens is 1. The van der Waals surface area contributed by atoms with Crippen molar-refractivity contribution in [2.24, 2.45) is 0 Å². The third-order valence-electron chi connectivity index (χ3n) is 5.63. The quantitative estimate of drug-likeness (QED) is 0.665. The van der Waals surface area contributed by atoms with Crippen LogP contribution in [0.1, 0.15) is 28.7 Å². The van der Waals surface area contributed by atoms with Crippen LogP contribution in [0.4, 0.5) is 0 Å². The van der Waals surface area contributed by atoms with Gasteiger partial charge in [-0.3, -0.25) is 4.79 Å². The minimum absolute atomic E-state index is 0.0284. The number of benzene rings is 3. The van der Waals surface area contributed by atoms with Gasteiger partial charge in [0.2, 0.25) is 5.91 Å². The first-order chi connectivity index (χ1) is 14.6. The summed E-state index contributed by atoms with van der Waals surface area (Å²) in [4.78, 5) is 14.6. The second-order valence-corrected chi connectivity index (χ2v) is 7.73. The molecule has 0 saturated carbocycles. The minimum Gasteiger partial charge on any atom is -0.496 e. The van der Waals surface area contributed by atoms with Crippen molar-refractivity contribution in [2.45, 2.75) is 12.0 Å². The number of amides is 1. The lowest BCUT2D eigenvalue weighted by molar-refractivity contribution is -0.890. The van der Waals surface area contributed by atoms with E-state index in [1.165, 1.54) is 4.90 Å². The second-order valence-electron chi connectivity index (χ2n) is 7.73. The molecule has 2 N–H and O–H groups in total. The fourth-order valence-corrected chi connectivity index (χ4v) is 4.08. The number of para-hydroxylation sites is 3. The van der Waals surface area contributed by atoms with E-state index in [1.54, 1.807) is 7.11 Å². The van der Waals surface area contributed by atoms with Crippen molar-refractivity contribution in [2.75, 3.05) is 27.7 Å². The number of likely N-dealkylation sites (N-methyl/N-ethyl adjacent to an activating group) is 1. The van der Waals surface area contributed by atoms with E-state index in [0.717, 1.165) is 33.9 Å². The van der Waals surface area contributed by atoms with Gasteiger partial charge in [0.1, 0.15) is 23.3 Å². The SMILES string of the molecule is COc1ccccc1[C@@H](CNC(=O)C1c2ccccc2Oc2ccccc21)[NH+](C)C. The number of hydrogen-bond donors (Lipinski definition) is 2. The topological polar surface area (TPSA) is 52.0 Å². The van der Waals surface area contributed by atoms with Crippen LogP contribution in [0.2, 0.25) is 0 Å². The van der Waals surface area contributed by atoms with Crippen LogP contribution in [0.25, 0.3) is 0 Å². The van der Waals surface area contributed by atoms with Gasteiger partial charge in [0.25, 0.3) is 0 Å². The molecule has 5 heteroatoms. The summed E-state index contributed by atoms with van der Waals surface area (Å²) in [6, 6.07) is 23.5. The van der Waals surface area contributed by atoms with Crippen LogP contribution in [0.5, 0.6) is 17.2 Å². The molecule has 3 aromatic carbocycles. The highest BCUT2D eigenvalue weighted by Gasteiger charge is 2.33. The molecule has 0 spiro atoms. The van der Waals surface area contributed by atoms with Crippen LogP contribution in [0.3, 0.4) is 0 Å². The molecule has 1 aliphatic heterocycles. The van der Waals surface area contributed by atoms with E-state index < -0.39 is 5.92 Å². The molecular formula is C25H27N2O3+. The van der Waals surface area contributed by atoms with Gasteiger partial charge in [0, 0.05) is 11.1 Å². The zero-order chi connectivity index (χ0) is 21.1. The largest absolute Gasteiger partial charge is 0.496 e. The van der Waals surface area contributed by atoms with Crippen molar-refractivity contribution in [3.63, 3.8) is 0 Å². The van der Waals surface area contributed by atoms with Crippen molar-refractivity contribution in [1.82, 2.24) is 5.32 Å². The molecule has 1 aliphatic rings. The highest BCUT2D eigenvalue weighted by Crippen LogP contribution is 2.43. The van der Waals surface area contributed by atoms with Gasteiger partial charge in [-0.15, -0.1) is 0 Å². The summed E-state index contributed by atoms with van der Waals surface area (Å²) in [6.45, 7) is 0.503. The summed E-state index contributed by atoms with van der Waals surface area (Å²) < 4.78 is 11.6. The van der Waals surface area contributed by atoms with Crippen LogP contribution >= 0.6 is 0 Å². The number of methoxy groups -OCH3 is 1. The number of nitrogens with one attached hydrogen (secondary N) is 2. The summed E-state index contributed by atoms with van der Waals surface area (Å²) in [5, 5.41) is 3.19. The summed E-state index contributed by atoms with van der Waals surface area (Å²) in [5.74, 6) is 1.87. The molecular weight excluding hydrogens is 376 g/mol. The smallest absolute Gasteiger partial charge is 0.232 e. The maximum absolute atomic E-state index is 13.4. The number of ether oxygens (including phenoxy) is 2. The molecule has 0 unspecified atom stereocenters. The molecule has 1 heterocycles. The van der Waals surface area contributed by atoms with Gasteiger partial charge in [-0.2, -0.15) is 0 Å². The third-order valence-corrected chi connectivity index (χ3v) is 5.63. The van der Waals surface area contributed by atoms with Gasteiger partial charge in [-0.05, 0) is 24.3 Å². The maximum atomic E-state index is 13.4. The van der Waals surface area contributed by atoms with E-state index in [-0.39, 0.29) is 11.9 Å². The Morgan fingerprint density at radius 1 is 0.967 bits per heavy atom. The van der Waals surface area contributed by atoms with E-state index in [1.807, 2.05) is 66.7 Å². The molecule has 0 saturated heterocycles. The molecule has 4 rings (SSSR count). The zero-order valence-electron chi connectivity index (χ0n) is 17.5. The first-order valence-corrected chi connectivity index (χ1v) is 10.2. The van der Waals surface area contributed by atoms with Crippen LogP contribution in [-0.4, -0.2) is 33.7 Å². The molecule has 3 aromatic rings. The van der Waals surface area contributed by atoms with Crippen molar-refractivity contribution in [3.05, 3.63) is 89.5 Å². The minimum atomic E-state index is -0.401. The molecule has 0 bridgehead atoms. The predicted molar refractivity (Wildman–Crippen MR) is 116 cm³/mol. The van der Waals surface area contributed by atoms with Crippen LogP contribution in [-0.2, 0) is 4.79 Å². The predicted octanol–water partition coefficient (Wildman–Crippen LogP) is 2.93. The molecule has 1 amide bonds. The first kappa shape index (κ1) is 20.0. The Kier molecular flexibility index (Phi) is 5.72. The first-order valence-electron chi connectivity index (χ1n) is 10.2. The van der Waals surface area contributed by atoms with E-state index in [9.17, 15) is 4.79 Å². The highest BCUT2D eigenvalue weighted by molar-refractivity contribution is 5.89. The number of carbonyl (C=O) groups excluding carboxylic acids is 1. The number of carbonyl (C=O) groups is 1. The van der Waals surface area contributed by atoms with E-state index in [0.29, 0.717) is 6.54 Å². The summed E-state index contributed by atoms with van der Waals surface area (Å²) >= 11 is 0. The molecule has 0 aliphatic carbocycles. The Hall–Kier alpha value is -3.31. The van der Waals surface area contributed by atoms with Gasteiger partial charge in [0.05, 0.1) is 39.2 Å². The molecule has 0 fully saturated rings. The van der Waals surface area contributed by atoms with Gasteiger partial charge in [0.15, 0.2) is 0 Å². The molecule has 0 radical (unpaired) electrons. The Balaban J connectivity index is 1.61. The third kappa shape index (κ3) is 3.76. The van der Waals surface area contributed by atoms with Gasteiger partial charge in [-0.1, -0.05) is 48.5 Å². The van der Waals surface area contributed by atoms with Crippen molar-refractivity contribution in [3.8, 4) is 17.2 Å². The lowest BCUT2D eigenvalue weighted by atomic mass is 9.87. The average molecular weight is 404 g/mol. The Bertz CT molecular complexity index is 1000.